The van der Waals surface area contributed by atoms with Crippen molar-refractivity contribution >= 4 is 29.1 Å². The van der Waals surface area contributed by atoms with E-state index in [2.05, 4.69) is 5.32 Å². The van der Waals surface area contributed by atoms with Crippen LogP contribution in [-0.4, -0.2) is 24.1 Å². The summed E-state index contributed by atoms with van der Waals surface area (Å²) in [5.41, 5.74) is 6.49. The molecule has 0 amide bonds. The number of benzene rings is 1. The normalized spacial score (nSPS) is 21.5. The molecule has 0 aliphatic carbocycles. The van der Waals surface area contributed by atoms with E-state index in [1.165, 1.54) is 24.3 Å². The third-order valence-corrected chi connectivity index (χ3v) is 4.41. The molecule has 0 bridgehead atoms. The highest BCUT2D eigenvalue weighted by atomic mass is 35.5. The smallest absolute Gasteiger partial charge is 0.126 e. The summed E-state index contributed by atoms with van der Waals surface area (Å²) in [6, 6.07) is 4.68. The molecule has 0 saturated carbocycles. The van der Waals surface area contributed by atoms with E-state index in [1.807, 2.05) is 11.8 Å². The van der Waals surface area contributed by atoms with Crippen LogP contribution in [0.2, 0.25) is 5.02 Å². The second-order valence-electron chi connectivity index (χ2n) is 4.27. The van der Waals surface area contributed by atoms with E-state index in [0.717, 1.165) is 5.75 Å². The highest BCUT2D eigenvalue weighted by molar-refractivity contribution is 7.99. The van der Waals surface area contributed by atoms with Crippen molar-refractivity contribution in [2.24, 2.45) is 11.7 Å². The van der Waals surface area contributed by atoms with Crippen molar-refractivity contribution in [1.29, 1.82) is 0 Å². The Morgan fingerprint density at radius 3 is 2.94 bits per heavy atom. The second-order valence-corrected chi connectivity index (χ2v) is 5.85. The number of anilines is 1. The van der Waals surface area contributed by atoms with Gasteiger partial charge < -0.3 is 11.1 Å². The van der Waals surface area contributed by atoms with E-state index in [0.29, 0.717) is 23.2 Å². The van der Waals surface area contributed by atoms with Gasteiger partial charge in [-0.05, 0) is 42.0 Å². The Balaban J connectivity index is 2.06. The molecule has 0 radical (unpaired) electrons. The number of nitrogens with one attached hydrogen (secondary N) is 1. The molecule has 0 spiro atoms. The van der Waals surface area contributed by atoms with Crippen molar-refractivity contribution in [3.8, 4) is 0 Å². The quantitative estimate of drug-likeness (QED) is 0.887. The van der Waals surface area contributed by atoms with E-state index >= 15 is 0 Å². The first-order valence-corrected chi connectivity index (χ1v) is 7.23. The lowest BCUT2D eigenvalue weighted by molar-refractivity contribution is 0.499. The molecule has 94 valence electrons. The van der Waals surface area contributed by atoms with Gasteiger partial charge in [0.25, 0.3) is 0 Å². The molecule has 0 aromatic heterocycles. The largest absolute Gasteiger partial charge is 0.381 e. The van der Waals surface area contributed by atoms with Crippen molar-refractivity contribution in [3.05, 3.63) is 29.0 Å². The van der Waals surface area contributed by atoms with Crippen molar-refractivity contribution in [3.63, 3.8) is 0 Å². The Hall–Kier alpha value is -0.450. The predicted molar refractivity (Wildman–Crippen MR) is 73.3 cm³/mol. The SMILES string of the molecule is NCC(Nc1cc(F)cc(Cl)c1)C1CCSC1. The molecule has 1 aromatic rings. The van der Waals surface area contributed by atoms with Crippen molar-refractivity contribution in [1.82, 2.24) is 0 Å². The Bertz CT molecular complexity index is 363. The summed E-state index contributed by atoms with van der Waals surface area (Å²) in [5.74, 6) is 2.55. The van der Waals surface area contributed by atoms with Gasteiger partial charge in [-0.15, -0.1) is 0 Å². The maximum absolute atomic E-state index is 13.2. The Morgan fingerprint density at radius 1 is 1.53 bits per heavy atom. The fourth-order valence-electron chi connectivity index (χ4n) is 2.09. The third kappa shape index (κ3) is 3.50. The monoisotopic (exact) mass is 274 g/mol. The molecular weight excluding hydrogens is 259 g/mol. The van der Waals surface area contributed by atoms with Crippen molar-refractivity contribution in [2.75, 3.05) is 23.4 Å². The molecule has 5 heteroatoms. The fourth-order valence-corrected chi connectivity index (χ4v) is 3.65. The average Bonchev–Trinajstić information content (AvgIpc) is 2.77. The van der Waals surface area contributed by atoms with Crippen LogP contribution in [0.3, 0.4) is 0 Å². The topological polar surface area (TPSA) is 38.0 Å². The summed E-state index contributed by atoms with van der Waals surface area (Å²) in [5, 5.41) is 3.70. The van der Waals surface area contributed by atoms with Crippen LogP contribution in [0, 0.1) is 11.7 Å². The zero-order chi connectivity index (χ0) is 12.3. The van der Waals surface area contributed by atoms with Crippen molar-refractivity contribution < 1.29 is 4.39 Å². The molecule has 1 fully saturated rings. The molecule has 2 unspecified atom stereocenters. The highest BCUT2D eigenvalue weighted by Crippen LogP contribution is 2.28. The fraction of sp³-hybridized carbons (Fsp3) is 0.500. The van der Waals surface area contributed by atoms with Gasteiger partial charge in [0.05, 0.1) is 0 Å². The first-order chi connectivity index (χ1) is 8.19. The van der Waals surface area contributed by atoms with Crippen LogP contribution in [0.5, 0.6) is 0 Å². The number of hydrogen-bond donors (Lipinski definition) is 2. The van der Waals surface area contributed by atoms with E-state index in [9.17, 15) is 4.39 Å². The molecule has 2 atom stereocenters. The molecule has 1 aromatic carbocycles. The van der Waals surface area contributed by atoms with Crippen LogP contribution in [0.1, 0.15) is 6.42 Å². The van der Waals surface area contributed by atoms with Gasteiger partial charge in [0, 0.05) is 23.3 Å². The predicted octanol–water partition coefficient (Wildman–Crippen LogP) is 2.97. The summed E-state index contributed by atoms with van der Waals surface area (Å²) < 4.78 is 13.2. The minimum Gasteiger partial charge on any atom is -0.381 e. The molecule has 2 rings (SSSR count). The number of hydrogen-bond acceptors (Lipinski definition) is 3. The molecule has 1 aliphatic heterocycles. The van der Waals surface area contributed by atoms with E-state index in [-0.39, 0.29) is 11.9 Å². The van der Waals surface area contributed by atoms with E-state index in [4.69, 9.17) is 17.3 Å². The maximum Gasteiger partial charge on any atom is 0.126 e. The summed E-state index contributed by atoms with van der Waals surface area (Å²) in [4.78, 5) is 0. The van der Waals surface area contributed by atoms with Crippen LogP contribution in [0.15, 0.2) is 18.2 Å². The maximum atomic E-state index is 13.2. The Kier molecular flexibility index (Phi) is 4.54. The number of rotatable bonds is 4. The summed E-state index contributed by atoms with van der Waals surface area (Å²) in [6.07, 6.45) is 1.17. The van der Waals surface area contributed by atoms with Crippen LogP contribution in [-0.2, 0) is 0 Å². The minimum absolute atomic E-state index is 0.197. The van der Waals surface area contributed by atoms with Gasteiger partial charge in [0.15, 0.2) is 0 Å². The number of nitrogens with two attached hydrogens (primary N) is 1. The van der Waals surface area contributed by atoms with E-state index in [1.54, 1.807) is 6.07 Å². The van der Waals surface area contributed by atoms with Crippen LogP contribution >= 0.6 is 23.4 Å². The van der Waals surface area contributed by atoms with Gasteiger partial charge in [0.2, 0.25) is 0 Å². The lowest BCUT2D eigenvalue weighted by Crippen LogP contribution is -2.36. The minimum atomic E-state index is -0.323. The molecule has 17 heavy (non-hydrogen) atoms. The average molecular weight is 275 g/mol. The first-order valence-electron chi connectivity index (χ1n) is 5.69. The summed E-state index contributed by atoms with van der Waals surface area (Å²) in [7, 11) is 0. The standard InChI is InChI=1S/C12H16ClFN2S/c13-9-3-10(14)5-11(4-9)16-12(6-15)8-1-2-17-7-8/h3-5,8,12,16H,1-2,6-7,15H2. The molecule has 1 saturated heterocycles. The number of thioether (sulfide) groups is 1. The Morgan fingerprint density at radius 2 is 2.35 bits per heavy atom. The highest BCUT2D eigenvalue weighted by Gasteiger charge is 2.24. The summed E-state index contributed by atoms with van der Waals surface area (Å²) in [6.45, 7) is 0.555. The summed E-state index contributed by atoms with van der Waals surface area (Å²) >= 11 is 7.77. The number of halogens is 2. The second kappa shape index (κ2) is 5.94. The van der Waals surface area contributed by atoms with Gasteiger partial charge in [0.1, 0.15) is 5.82 Å². The first kappa shape index (κ1) is 13.0. The zero-order valence-electron chi connectivity index (χ0n) is 9.46. The molecular formula is C12H16ClFN2S. The van der Waals surface area contributed by atoms with Gasteiger partial charge in [-0.25, -0.2) is 4.39 Å². The molecule has 1 aliphatic rings. The third-order valence-electron chi connectivity index (χ3n) is 3.00. The lowest BCUT2D eigenvalue weighted by Gasteiger charge is -2.23. The van der Waals surface area contributed by atoms with Crippen molar-refractivity contribution in [2.45, 2.75) is 12.5 Å². The Labute approximate surface area is 110 Å². The van der Waals surface area contributed by atoms with Crippen LogP contribution in [0.4, 0.5) is 10.1 Å². The zero-order valence-corrected chi connectivity index (χ0v) is 11.0. The van der Waals surface area contributed by atoms with Gasteiger partial charge in [-0.2, -0.15) is 11.8 Å². The van der Waals surface area contributed by atoms with Gasteiger partial charge in [-0.3, -0.25) is 0 Å². The van der Waals surface area contributed by atoms with Crippen LogP contribution < -0.4 is 11.1 Å². The van der Waals surface area contributed by atoms with Gasteiger partial charge in [-0.1, -0.05) is 11.6 Å². The van der Waals surface area contributed by atoms with E-state index < -0.39 is 0 Å². The molecule has 3 N–H and O–H groups in total. The molecule has 2 nitrogen and oxygen atoms in total. The van der Waals surface area contributed by atoms with Gasteiger partial charge >= 0.3 is 0 Å². The lowest BCUT2D eigenvalue weighted by atomic mass is 9.99. The molecule has 1 heterocycles. The van der Waals surface area contributed by atoms with Crippen LogP contribution in [0.25, 0.3) is 0 Å².